The fourth-order valence-corrected chi connectivity index (χ4v) is 2.72. The maximum absolute atomic E-state index is 13.0. The van der Waals surface area contributed by atoms with Crippen LogP contribution in [0.2, 0.25) is 0 Å². The molecule has 6 nitrogen and oxygen atoms in total. The van der Waals surface area contributed by atoms with E-state index in [-0.39, 0.29) is 24.1 Å². The first-order chi connectivity index (χ1) is 13.6. The second kappa shape index (κ2) is 11.3. The van der Waals surface area contributed by atoms with E-state index in [0.29, 0.717) is 36.5 Å². The van der Waals surface area contributed by atoms with Crippen LogP contribution in [0.3, 0.4) is 0 Å². The molecule has 0 aliphatic carbocycles. The molecule has 0 saturated carbocycles. The van der Waals surface area contributed by atoms with Gasteiger partial charge in [0.05, 0.1) is 0 Å². The number of amides is 1. The molecule has 1 amide bonds. The minimum atomic E-state index is -0.314. The highest BCUT2D eigenvalue weighted by Gasteiger charge is 2.10. The van der Waals surface area contributed by atoms with E-state index in [1.165, 1.54) is 12.1 Å². The molecule has 3 aromatic rings. The van der Waals surface area contributed by atoms with Crippen molar-refractivity contribution >= 4 is 24.0 Å². The quantitative estimate of drug-likeness (QED) is 0.539. The predicted octanol–water partition coefficient (Wildman–Crippen LogP) is 4.37. The minimum Gasteiger partial charge on any atom is -0.339 e. The number of hydrogen-bond donors (Lipinski definition) is 2. The van der Waals surface area contributed by atoms with Crippen molar-refractivity contribution in [1.82, 2.24) is 15.5 Å². The normalized spacial score (nSPS) is 10.4. The second-order valence-corrected chi connectivity index (χ2v) is 6.40. The molecule has 0 atom stereocenters. The molecule has 29 heavy (non-hydrogen) atoms. The van der Waals surface area contributed by atoms with Gasteiger partial charge >= 0.3 is 0 Å². The van der Waals surface area contributed by atoms with Crippen LogP contribution in [0, 0.1) is 5.82 Å². The highest BCUT2D eigenvalue weighted by molar-refractivity contribution is 5.90. The van der Waals surface area contributed by atoms with E-state index in [1.54, 1.807) is 12.1 Å². The number of carbonyl (C=O) groups is 1. The molecule has 0 unspecified atom stereocenters. The van der Waals surface area contributed by atoms with Crippen molar-refractivity contribution in [1.29, 1.82) is 0 Å². The summed E-state index contributed by atoms with van der Waals surface area (Å²) in [5.74, 6) is 0.501. The molecule has 0 radical (unpaired) electrons. The summed E-state index contributed by atoms with van der Waals surface area (Å²) in [6.07, 6.45) is 1.45. The lowest BCUT2D eigenvalue weighted by atomic mass is 10.2. The summed E-state index contributed by atoms with van der Waals surface area (Å²) in [4.78, 5) is 16.4. The van der Waals surface area contributed by atoms with Crippen LogP contribution < -0.4 is 10.6 Å². The van der Waals surface area contributed by atoms with Gasteiger partial charge in [0.15, 0.2) is 0 Å². The largest absolute Gasteiger partial charge is 0.339 e. The van der Waals surface area contributed by atoms with Crippen molar-refractivity contribution in [3.8, 4) is 11.4 Å². The zero-order valence-corrected chi connectivity index (χ0v) is 17.0. The van der Waals surface area contributed by atoms with E-state index in [1.807, 2.05) is 24.3 Å². The Bertz CT molecular complexity index is 915. The van der Waals surface area contributed by atoms with Crippen molar-refractivity contribution in [2.24, 2.45) is 0 Å². The van der Waals surface area contributed by atoms with Crippen molar-refractivity contribution in [2.75, 3.05) is 11.9 Å². The summed E-state index contributed by atoms with van der Waals surface area (Å²) in [5.41, 5.74) is 2.60. The summed E-state index contributed by atoms with van der Waals surface area (Å²) in [5, 5.41) is 10.1. The molecule has 8 heteroatoms. The molecule has 1 aromatic heterocycles. The molecule has 0 aliphatic heterocycles. The molecule has 0 fully saturated rings. The summed E-state index contributed by atoms with van der Waals surface area (Å²) in [6.45, 7) is 3.72. The summed E-state index contributed by atoms with van der Waals surface area (Å²) < 4.78 is 18.2. The van der Waals surface area contributed by atoms with Crippen LogP contribution in [0.25, 0.3) is 11.4 Å². The van der Waals surface area contributed by atoms with E-state index in [0.717, 1.165) is 24.3 Å². The number of aryl methyl sites for hydroxylation is 1. The van der Waals surface area contributed by atoms with Crippen LogP contribution in [0.1, 0.15) is 31.2 Å². The Labute approximate surface area is 175 Å². The van der Waals surface area contributed by atoms with Crippen molar-refractivity contribution in [2.45, 2.75) is 32.7 Å². The molecule has 0 aliphatic rings. The molecule has 2 N–H and O–H groups in total. The van der Waals surface area contributed by atoms with Gasteiger partial charge in [-0.05, 0) is 54.9 Å². The van der Waals surface area contributed by atoms with Crippen LogP contribution >= 0.6 is 12.4 Å². The number of hydrogen-bond acceptors (Lipinski definition) is 5. The molecule has 1 heterocycles. The Morgan fingerprint density at radius 2 is 1.97 bits per heavy atom. The third kappa shape index (κ3) is 6.96. The van der Waals surface area contributed by atoms with E-state index in [9.17, 15) is 9.18 Å². The molecule has 3 rings (SSSR count). The number of rotatable bonds is 9. The Morgan fingerprint density at radius 1 is 1.17 bits per heavy atom. The maximum atomic E-state index is 13.0. The van der Waals surface area contributed by atoms with Crippen molar-refractivity contribution < 1.29 is 13.7 Å². The maximum Gasteiger partial charge on any atom is 0.226 e. The number of aromatic nitrogens is 2. The van der Waals surface area contributed by atoms with E-state index in [4.69, 9.17) is 4.52 Å². The molecule has 154 valence electrons. The zero-order valence-electron chi connectivity index (χ0n) is 16.2. The molecule has 2 aromatic carbocycles. The highest BCUT2D eigenvalue weighted by Crippen LogP contribution is 2.17. The average molecular weight is 419 g/mol. The van der Waals surface area contributed by atoms with Gasteiger partial charge < -0.3 is 15.2 Å². The summed E-state index contributed by atoms with van der Waals surface area (Å²) in [6, 6.07) is 13.7. The average Bonchev–Trinajstić information content (AvgIpc) is 3.16. The van der Waals surface area contributed by atoms with Gasteiger partial charge in [0, 0.05) is 30.6 Å². The summed E-state index contributed by atoms with van der Waals surface area (Å²) >= 11 is 0. The van der Waals surface area contributed by atoms with Crippen LogP contribution in [-0.4, -0.2) is 22.6 Å². The lowest BCUT2D eigenvalue weighted by Gasteiger charge is -2.07. The Balaban J connectivity index is 0.00000300. The first kappa shape index (κ1) is 22.5. The minimum absolute atomic E-state index is 0. The van der Waals surface area contributed by atoms with Crippen molar-refractivity contribution in [3.63, 3.8) is 0 Å². The fourth-order valence-electron chi connectivity index (χ4n) is 2.72. The standard InChI is InChI=1S/C21H23FN4O2.ClH/c1-2-23-14-15-5-3-6-18(13-15)24-19(27)7-4-8-20-25-21(26-28-20)16-9-11-17(22)12-10-16;/h3,5-6,9-13,23H,2,4,7-8,14H2,1H3,(H,24,27);1H. The Hall–Kier alpha value is -2.77. The van der Waals surface area contributed by atoms with Gasteiger partial charge in [0.25, 0.3) is 0 Å². The number of benzene rings is 2. The smallest absolute Gasteiger partial charge is 0.226 e. The van der Waals surface area contributed by atoms with Crippen LogP contribution in [0.5, 0.6) is 0 Å². The first-order valence-electron chi connectivity index (χ1n) is 9.32. The number of nitrogens with zero attached hydrogens (tertiary/aromatic N) is 2. The Kier molecular flexibility index (Phi) is 8.76. The third-order valence-corrected chi connectivity index (χ3v) is 4.15. The molecule has 0 saturated heterocycles. The predicted molar refractivity (Wildman–Crippen MR) is 112 cm³/mol. The SMILES string of the molecule is CCNCc1cccc(NC(=O)CCCc2nc(-c3ccc(F)cc3)no2)c1.Cl. The highest BCUT2D eigenvalue weighted by atomic mass is 35.5. The molecule has 0 spiro atoms. The van der Waals surface area contributed by atoms with Gasteiger partial charge in [-0.25, -0.2) is 4.39 Å². The number of nitrogens with one attached hydrogen (secondary N) is 2. The molecular weight excluding hydrogens is 395 g/mol. The summed E-state index contributed by atoms with van der Waals surface area (Å²) in [7, 11) is 0. The van der Waals surface area contributed by atoms with E-state index in [2.05, 4.69) is 27.7 Å². The zero-order chi connectivity index (χ0) is 19.8. The van der Waals surface area contributed by atoms with Gasteiger partial charge in [0.1, 0.15) is 5.82 Å². The van der Waals surface area contributed by atoms with Crippen LogP contribution in [0.15, 0.2) is 53.1 Å². The number of anilines is 1. The molecular formula is C21H24ClFN4O2. The van der Waals surface area contributed by atoms with E-state index < -0.39 is 0 Å². The number of carbonyl (C=O) groups excluding carboxylic acids is 1. The lowest BCUT2D eigenvalue weighted by Crippen LogP contribution is -2.14. The van der Waals surface area contributed by atoms with Crippen LogP contribution in [0.4, 0.5) is 10.1 Å². The monoisotopic (exact) mass is 418 g/mol. The van der Waals surface area contributed by atoms with Gasteiger partial charge in [0.2, 0.25) is 17.6 Å². The topological polar surface area (TPSA) is 80.0 Å². The first-order valence-corrected chi connectivity index (χ1v) is 9.32. The van der Waals surface area contributed by atoms with Gasteiger partial charge in [-0.3, -0.25) is 4.79 Å². The van der Waals surface area contributed by atoms with Crippen molar-refractivity contribution in [3.05, 3.63) is 65.8 Å². The Morgan fingerprint density at radius 3 is 2.72 bits per heavy atom. The third-order valence-electron chi connectivity index (χ3n) is 4.15. The van der Waals surface area contributed by atoms with Gasteiger partial charge in [-0.1, -0.05) is 24.2 Å². The van der Waals surface area contributed by atoms with E-state index >= 15 is 0 Å². The van der Waals surface area contributed by atoms with Gasteiger partial charge in [-0.2, -0.15) is 4.98 Å². The second-order valence-electron chi connectivity index (χ2n) is 6.40. The number of halogens is 2. The lowest BCUT2D eigenvalue weighted by molar-refractivity contribution is -0.116. The van der Waals surface area contributed by atoms with Crippen LogP contribution in [-0.2, 0) is 17.8 Å². The molecule has 0 bridgehead atoms. The fraction of sp³-hybridized carbons (Fsp3) is 0.286. The van der Waals surface area contributed by atoms with Gasteiger partial charge in [-0.15, -0.1) is 12.4 Å².